The molecule has 3 saturated heterocycles. The predicted molar refractivity (Wildman–Crippen MR) is 61.7 cm³/mol. The van der Waals surface area contributed by atoms with Gasteiger partial charge in [0.1, 0.15) is 0 Å². The molecule has 2 atom stereocenters. The van der Waals surface area contributed by atoms with Gasteiger partial charge in [-0.1, -0.05) is 0 Å². The lowest BCUT2D eigenvalue weighted by Crippen LogP contribution is -2.68. The number of thioether (sulfide) groups is 1. The van der Waals surface area contributed by atoms with Gasteiger partial charge in [-0.3, -0.25) is 4.79 Å². The molecule has 1 spiro atoms. The van der Waals surface area contributed by atoms with E-state index in [1.54, 1.807) is 0 Å². The Morgan fingerprint density at radius 1 is 1.53 bits per heavy atom. The molecule has 2 bridgehead atoms. The van der Waals surface area contributed by atoms with Crippen molar-refractivity contribution >= 4 is 17.7 Å². The van der Waals surface area contributed by atoms with E-state index in [9.17, 15) is 4.79 Å². The second-order valence-electron chi connectivity index (χ2n) is 5.43. The summed E-state index contributed by atoms with van der Waals surface area (Å²) in [5, 5.41) is 3.52. The summed E-state index contributed by atoms with van der Waals surface area (Å²) in [4.78, 5) is 14.7. The van der Waals surface area contributed by atoms with Gasteiger partial charge in [0, 0.05) is 18.3 Å². The number of hydrogen-bond acceptors (Lipinski definition) is 3. The van der Waals surface area contributed by atoms with Crippen LogP contribution in [0.2, 0.25) is 0 Å². The Bertz CT molecular complexity index is 318. The van der Waals surface area contributed by atoms with Crippen molar-refractivity contribution in [2.45, 2.75) is 37.6 Å². The van der Waals surface area contributed by atoms with Gasteiger partial charge in [-0.25, -0.2) is 0 Å². The first-order valence-electron chi connectivity index (χ1n) is 5.76. The summed E-state index contributed by atoms with van der Waals surface area (Å²) in [6.45, 7) is 6.20. The summed E-state index contributed by atoms with van der Waals surface area (Å²) in [5.74, 6) is 1.48. The average Bonchev–Trinajstić information content (AvgIpc) is 2.59. The van der Waals surface area contributed by atoms with E-state index in [0.717, 1.165) is 31.7 Å². The SMILES string of the molecule is CC1(C)C(=O)N2CCSC23CCNC1C3. The summed E-state index contributed by atoms with van der Waals surface area (Å²) < 4.78 is 0. The summed E-state index contributed by atoms with van der Waals surface area (Å²) in [6, 6.07) is 0.376. The van der Waals surface area contributed by atoms with Crippen molar-refractivity contribution in [3.63, 3.8) is 0 Å². The maximum Gasteiger partial charge on any atom is 0.230 e. The van der Waals surface area contributed by atoms with Gasteiger partial charge in [-0.15, -0.1) is 11.8 Å². The van der Waals surface area contributed by atoms with E-state index >= 15 is 0 Å². The molecule has 15 heavy (non-hydrogen) atoms. The number of hydrogen-bond donors (Lipinski definition) is 1. The molecule has 2 unspecified atom stereocenters. The fourth-order valence-corrected chi connectivity index (χ4v) is 4.73. The first-order valence-corrected chi connectivity index (χ1v) is 6.74. The largest absolute Gasteiger partial charge is 0.327 e. The fraction of sp³-hybridized carbons (Fsp3) is 0.909. The fourth-order valence-electron chi connectivity index (χ4n) is 3.21. The summed E-state index contributed by atoms with van der Waals surface area (Å²) in [6.07, 6.45) is 2.26. The maximum atomic E-state index is 12.4. The standard InChI is InChI=1S/C11H18N2OS/c1-10(2)8-7-11(3-4-12-8)13(9(10)14)5-6-15-11/h8,12H,3-7H2,1-2H3. The van der Waals surface area contributed by atoms with Gasteiger partial charge in [0.25, 0.3) is 0 Å². The van der Waals surface area contributed by atoms with E-state index in [-0.39, 0.29) is 10.3 Å². The third-order valence-electron chi connectivity index (χ3n) is 4.27. The van der Waals surface area contributed by atoms with Gasteiger partial charge in [-0.05, 0) is 33.2 Å². The monoisotopic (exact) mass is 226 g/mol. The Hall–Kier alpha value is -0.220. The molecule has 0 radical (unpaired) electrons. The van der Waals surface area contributed by atoms with Crippen LogP contribution in [0.25, 0.3) is 0 Å². The summed E-state index contributed by atoms with van der Waals surface area (Å²) in [7, 11) is 0. The molecule has 3 aliphatic heterocycles. The number of carbonyl (C=O) groups is 1. The molecule has 0 saturated carbocycles. The smallest absolute Gasteiger partial charge is 0.230 e. The van der Waals surface area contributed by atoms with Crippen LogP contribution in [-0.2, 0) is 4.79 Å². The van der Waals surface area contributed by atoms with Crippen LogP contribution in [0.4, 0.5) is 0 Å². The van der Waals surface area contributed by atoms with Gasteiger partial charge in [0.05, 0.1) is 10.3 Å². The highest BCUT2D eigenvalue weighted by Crippen LogP contribution is 2.51. The quantitative estimate of drug-likeness (QED) is 0.670. The molecule has 3 heterocycles. The number of fused-ring (bicyclic) bond motifs is 1. The van der Waals surface area contributed by atoms with Gasteiger partial charge in [0.15, 0.2) is 0 Å². The molecule has 3 rings (SSSR count). The molecular formula is C11H18N2OS. The Morgan fingerprint density at radius 2 is 2.33 bits per heavy atom. The van der Waals surface area contributed by atoms with Crippen molar-refractivity contribution in [2.24, 2.45) is 5.41 Å². The zero-order chi connectivity index (χ0) is 10.7. The minimum Gasteiger partial charge on any atom is -0.327 e. The highest BCUT2D eigenvalue weighted by Gasteiger charge is 2.58. The second-order valence-corrected chi connectivity index (χ2v) is 6.89. The van der Waals surface area contributed by atoms with Crippen LogP contribution in [0.1, 0.15) is 26.7 Å². The molecule has 1 amide bonds. The van der Waals surface area contributed by atoms with E-state index in [1.807, 2.05) is 11.8 Å². The normalized spacial score (nSPS) is 42.9. The van der Waals surface area contributed by atoms with Crippen molar-refractivity contribution in [1.82, 2.24) is 10.2 Å². The Morgan fingerprint density at radius 3 is 3.13 bits per heavy atom. The first-order chi connectivity index (χ1) is 7.06. The van der Waals surface area contributed by atoms with Crippen molar-refractivity contribution in [3.05, 3.63) is 0 Å². The number of amides is 1. The number of nitrogens with zero attached hydrogens (tertiary/aromatic N) is 1. The number of rotatable bonds is 0. The maximum absolute atomic E-state index is 12.4. The molecule has 0 aromatic heterocycles. The van der Waals surface area contributed by atoms with E-state index in [1.165, 1.54) is 0 Å². The second kappa shape index (κ2) is 2.92. The van der Waals surface area contributed by atoms with Crippen molar-refractivity contribution in [1.29, 1.82) is 0 Å². The molecule has 3 nitrogen and oxygen atoms in total. The highest BCUT2D eigenvalue weighted by atomic mass is 32.2. The van der Waals surface area contributed by atoms with E-state index in [4.69, 9.17) is 0 Å². The molecular weight excluding hydrogens is 208 g/mol. The van der Waals surface area contributed by atoms with E-state index in [0.29, 0.717) is 11.9 Å². The third-order valence-corrected chi connectivity index (χ3v) is 5.79. The lowest BCUT2D eigenvalue weighted by Gasteiger charge is -2.54. The molecule has 0 aliphatic carbocycles. The highest BCUT2D eigenvalue weighted by molar-refractivity contribution is 8.00. The third kappa shape index (κ3) is 1.15. The van der Waals surface area contributed by atoms with Gasteiger partial charge < -0.3 is 10.2 Å². The van der Waals surface area contributed by atoms with Crippen LogP contribution in [0.3, 0.4) is 0 Å². The lowest BCUT2D eigenvalue weighted by atomic mass is 9.73. The molecule has 1 N–H and O–H groups in total. The minimum absolute atomic E-state index is 0.155. The van der Waals surface area contributed by atoms with Crippen molar-refractivity contribution in [3.8, 4) is 0 Å². The van der Waals surface area contributed by atoms with Gasteiger partial charge in [0.2, 0.25) is 5.91 Å². The zero-order valence-corrected chi connectivity index (χ0v) is 10.2. The van der Waals surface area contributed by atoms with Crippen LogP contribution in [0, 0.1) is 5.41 Å². The Labute approximate surface area is 95.0 Å². The van der Waals surface area contributed by atoms with Crippen LogP contribution >= 0.6 is 11.8 Å². The molecule has 3 fully saturated rings. The summed E-state index contributed by atoms with van der Waals surface area (Å²) in [5.41, 5.74) is -0.213. The minimum atomic E-state index is -0.213. The molecule has 0 aromatic carbocycles. The van der Waals surface area contributed by atoms with Crippen molar-refractivity contribution in [2.75, 3.05) is 18.8 Å². The zero-order valence-electron chi connectivity index (χ0n) is 9.38. The van der Waals surface area contributed by atoms with Gasteiger partial charge in [-0.2, -0.15) is 0 Å². The van der Waals surface area contributed by atoms with Crippen LogP contribution in [0.15, 0.2) is 0 Å². The summed E-state index contributed by atoms with van der Waals surface area (Å²) >= 11 is 2.00. The van der Waals surface area contributed by atoms with E-state index < -0.39 is 0 Å². The van der Waals surface area contributed by atoms with Gasteiger partial charge >= 0.3 is 0 Å². The number of carbonyl (C=O) groups excluding carboxylic acids is 1. The van der Waals surface area contributed by atoms with Crippen LogP contribution < -0.4 is 5.32 Å². The molecule has 84 valence electrons. The molecule has 3 aliphatic rings. The predicted octanol–water partition coefficient (Wildman–Crippen LogP) is 1.05. The van der Waals surface area contributed by atoms with E-state index in [2.05, 4.69) is 24.1 Å². The first kappa shape index (κ1) is 9.97. The van der Waals surface area contributed by atoms with Crippen molar-refractivity contribution < 1.29 is 4.79 Å². The molecule has 4 heteroatoms. The average molecular weight is 226 g/mol. The topological polar surface area (TPSA) is 32.3 Å². The van der Waals surface area contributed by atoms with Crippen LogP contribution in [-0.4, -0.2) is 40.6 Å². The lowest BCUT2D eigenvalue weighted by molar-refractivity contribution is -0.153. The van der Waals surface area contributed by atoms with Crippen LogP contribution in [0.5, 0.6) is 0 Å². The number of piperidine rings is 2. The Kier molecular flexibility index (Phi) is 1.94. The number of nitrogens with one attached hydrogen (secondary N) is 1. The Balaban J connectivity index is 2.03. The molecule has 0 aromatic rings.